The van der Waals surface area contributed by atoms with Crippen molar-refractivity contribution in [2.24, 2.45) is 40.9 Å². The van der Waals surface area contributed by atoms with Crippen LogP contribution >= 0.6 is 0 Å². The largest absolute Gasteiger partial charge is 0.438 e. The summed E-state index contributed by atoms with van der Waals surface area (Å²) in [5.41, 5.74) is 0.460. The Bertz CT molecular complexity index is 529. The Morgan fingerprint density at radius 3 is 2.15 bits per heavy atom. The normalized spacial score (nSPS) is 32.5. The van der Waals surface area contributed by atoms with E-state index in [0.29, 0.717) is 17.8 Å². The highest BCUT2D eigenvalue weighted by Gasteiger charge is 2.44. The van der Waals surface area contributed by atoms with Gasteiger partial charge in [0.25, 0.3) is 6.47 Å². The van der Waals surface area contributed by atoms with Crippen LogP contribution < -0.4 is 0 Å². The lowest BCUT2D eigenvalue weighted by Gasteiger charge is -2.50. The van der Waals surface area contributed by atoms with Gasteiger partial charge in [-0.3, -0.25) is 4.79 Å². The first-order valence-corrected chi connectivity index (χ1v) is 14.7. The van der Waals surface area contributed by atoms with Crippen molar-refractivity contribution in [1.82, 2.24) is 0 Å². The summed E-state index contributed by atoms with van der Waals surface area (Å²) < 4.78 is 12.0. The van der Waals surface area contributed by atoms with Gasteiger partial charge in [-0.25, -0.2) is 0 Å². The molecule has 3 aliphatic rings. The number of hydrogen-bond acceptors (Lipinski definition) is 3. The van der Waals surface area contributed by atoms with Gasteiger partial charge in [0.05, 0.1) is 6.61 Å². The van der Waals surface area contributed by atoms with Crippen LogP contribution in [0.15, 0.2) is 0 Å². The maximum atomic E-state index is 11.4. The van der Waals surface area contributed by atoms with Crippen LogP contribution in [0, 0.1) is 40.9 Å². The third-order valence-corrected chi connectivity index (χ3v) is 9.54. The minimum atomic E-state index is -0.361. The maximum absolute atomic E-state index is 11.4. The lowest BCUT2D eigenvalue weighted by Crippen LogP contribution is -2.40. The molecule has 0 amide bonds. The number of ether oxygens (including phenoxy) is 2. The van der Waals surface area contributed by atoms with Gasteiger partial charge in [-0.15, -0.1) is 0 Å². The van der Waals surface area contributed by atoms with Crippen molar-refractivity contribution < 1.29 is 14.3 Å². The summed E-state index contributed by atoms with van der Waals surface area (Å²) in [5.74, 6) is 4.75. The van der Waals surface area contributed by atoms with Gasteiger partial charge in [0.1, 0.15) is 0 Å². The van der Waals surface area contributed by atoms with Crippen molar-refractivity contribution in [1.29, 1.82) is 0 Å². The Morgan fingerprint density at radius 2 is 1.58 bits per heavy atom. The predicted molar refractivity (Wildman–Crippen MR) is 137 cm³/mol. The van der Waals surface area contributed by atoms with E-state index in [1.807, 2.05) is 0 Å². The molecule has 0 aromatic heterocycles. The minimum absolute atomic E-state index is 0.361. The minimum Gasteiger partial charge on any atom is -0.438 e. The van der Waals surface area contributed by atoms with Crippen LogP contribution in [0.25, 0.3) is 0 Å². The molecule has 4 unspecified atom stereocenters. The second kappa shape index (κ2) is 13.5. The first-order chi connectivity index (χ1) is 16.0. The van der Waals surface area contributed by atoms with Gasteiger partial charge in [0.15, 0.2) is 0 Å². The molecule has 0 aliphatic heterocycles. The Hall–Kier alpha value is -0.570. The van der Waals surface area contributed by atoms with Gasteiger partial charge in [0.2, 0.25) is 6.29 Å². The molecule has 0 aromatic rings. The number of rotatable bonds is 14. The molecule has 0 spiro atoms. The highest BCUT2D eigenvalue weighted by molar-refractivity contribution is 5.37. The topological polar surface area (TPSA) is 35.5 Å². The molecule has 0 heterocycles. The third kappa shape index (κ3) is 7.97. The molecule has 3 saturated carbocycles. The molecule has 3 heteroatoms. The van der Waals surface area contributed by atoms with Crippen LogP contribution in [-0.2, 0) is 14.3 Å². The fourth-order valence-corrected chi connectivity index (χ4v) is 8.71. The molecule has 2 bridgehead atoms. The van der Waals surface area contributed by atoms with Crippen molar-refractivity contribution in [2.45, 2.75) is 137 Å². The van der Waals surface area contributed by atoms with E-state index < -0.39 is 0 Å². The molecule has 0 N–H and O–H groups in total. The standard InChI is InChI=1S/C30H54O3/c1-5-10-26(11-6-2)28(27-12-8-7-9-13-27)18-29(33-22-31)32-15-14-30-19-23(3)16-25(21-30)17-24(4)20-30/h22-29H,5-21H2,1-4H3. The number of carbonyl (C=O) groups excluding carboxylic acids is 1. The van der Waals surface area contributed by atoms with Gasteiger partial charge in [0, 0.05) is 6.42 Å². The molecule has 0 aromatic carbocycles. The molecule has 3 rings (SSSR count). The molecule has 33 heavy (non-hydrogen) atoms. The van der Waals surface area contributed by atoms with Crippen LogP contribution in [-0.4, -0.2) is 19.4 Å². The van der Waals surface area contributed by atoms with E-state index in [0.717, 1.165) is 49.0 Å². The summed E-state index contributed by atoms with van der Waals surface area (Å²) in [6, 6.07) is 0. The lowest BCUT2D eigenvalue weighted by molar-refractivity contribution is -0.174. The zero-order valence-electron chi connectivity index (χ0n) is 22.4. The van der Waals surface area contributed by atoms with Gasteiger partial charge in [-0.05, 0) is 79.4 Å². The maximum Gasteiger partial charge on any atom is 0.295 e. The molecule has 4 atom stereocenters. The number of carbonyl (C=O) groups is 1. The zero-order valence-corrected chi connectivity index (χ0v) is 22.4. The summed E-state index contributed by atoms with van der Waals surface area (Å²) in [7, 11) is 0. The second-order valence-corrected chi connectivity index (χ2v) is 12.6. The summed E-state index contributed by atoms with van der Waals surface area (Å²) in [6.45, 7) is 10.9. The van der Waals surface area contributed by atoms with Crippen LogP contribution in [0.3, 0.4) is 0 Å². The van der Waals surface area contributed by atoms with Crippen molar-refractivity contribution in [3.63, 3.8) is 0 Å². The Labute approximate surface area is 205 Å². The SMILES string of the molecule is CCCC(CCC)C(CC(OC=O)OCCC12CC(C)CC(CC(C)C1)C2)C1CCCCC1. The van der Waals surface area contributed by atoms with Crippen LogP contribution in [0.4, 0.5) is 0 Å². The molecule has 0 saturated heterocycles. The quantitative estimate of drug-likeness (QED) is 0.192. The first-order valence-electron chi connectivity index (χ1n) is 14.7. The van der Waals surface area contributed by atoms with Gasteiger partial charge in [-0.2, -0.15) is 0 Å². The molecule has 3 fully saturated rings. The zero-order chi connectivity index (χ0) is 23.7. The Morgan fingerprint density at radius 1 is 0.939 bits per heavy atom. The fraction of sp³-hybridized carbons (Fsp3) is 0.967. The third-order valence-electron chi connectivity index (χ3n) is 9.54. The van der Waals surface area contributed by atoms with Crippen molar-refractivity contribution in [3.05, 3.63) is 0 Å². The van der Waals surface area contributed by atoms with E-state index in [-0.39, 0.29) is 6.29 Å². The molecular formula is C30H54O3. The van der Waals surface area contributed by atoms with E-state index in [4.69, 9.17) is 9.47 Å². The van der Waals surface area contributed by atoms with Crippen molar-refractivity contribution in [3.8, 4) is 0 Å². The first kappa shape index (κ1) is 27.0. The van der Waals surface area contributed by atoms with Crippen LogP contribution in [0.1, 0.15) is 130 Å². The summed E-state index contributed by atoms with van der Waals surface area (Å²) >= 11 is 0. The summed E-state index contributed by atoms with van der Waals surface area (Å²) in [6.07, 6.45) is 20.5. The van der Waals surface area contributed by atoms with E-state index in [1.54, 1.807) is 0 Å². The molecule has 3 nitrogen and oxygen atoms in total. The Balaban J connectivity index is 1.62. The lowest BCUT2D eigenvalue weighted by atomic mass is 9.56. The van der Waals surface area contributed by atoms with E-state index in [2.05, 4.69) is 27.7 Å². The van der Waals surface area contributed by atoms with Crippen LogP contribution in [0.5, 0.6) is 0 Å². The fourth-order valence-electron chi connectivity index (χ4n) is 8.71. The van der Waals surface area contributed by atoms with Crippen molar-refractivity contribution in [2.75, 3.05) is 6.61 Å². The highest BCUT2D eigenvalue weighted by Crippen LogP contribution is 2.54. The van der Waals surface area contributed by atoms with E-state index >= 15 is 0 Å². The van der Waals surface area contributed by atoms with Gasteiger partial charge < -0.3 is 9.47 Å². The summed E-state index contributed by atoms with van der Waals surface area (Å²) in [5, 5.41) is 0. The van der Waals surface area contributed by atoms with E-state index in [9.17, 15) is 4.79 Å². The van der Waals surface area contributed by atoms with Gasteiger partial charge in [-0.1, -0.05) is 85.5 Å². The van der Waals surface area contributed by atoms with E-state index in [1.165, 1.54) is 89.9 Å². The molecule has 3 aliphatic carbocycles. The smallest absolute Gasteiger partial charge is 0.295 e. The molecule has 192 valence electrons. The predicted octanol–water partition coefficient (Wildman–Crippen LogP) is 8.55. The average molecular weight is 463 g/mol. The monoisotopic (exact) mass is 462 g/mol. The number of hydrogen-bond donors (Lipinski definition) is 0. The second-order valence-electron chi connectivity index (χ2n) is 12.6. The molecule has 0 radical (unpaired) electrons. The highest BCUT2D eigenvalue weighted by atomic mass is 16.7. The average Bonchev–Trinajstić information content (AvgIpc) is 2.77. The molecular weight excluding hydrogens is 408 g/mol. The summed E-state index contributed by atoms with van der Waals surface area (Å²) in [4.78, 5) is 11.4. The Kier molecular flexibility index (Phi) is 11.1. The van der Waals surface area contributed by atoms with Crippen molar-refractivity contribution >= 4 is 6.47 Å². The number of fused-ring (bicyclic) bond motifs is 2. The van der Waals surface area contributed by atoms with Gasteiger partial charge >= 0.3 is 0 Å². The van der Waals surface area contributed by atoms with Crippen LogP contribution in [0.2, 0.25) is 0 Å².